The molecule has 0 fully saturated rings. The number of fused-ring (bicyclic) bond motifs is 8. The molecule has 1 aliphatic heterocycles. The summed E-state index contributed by atoms with van der Waals surface area (Å²) >= 11 is 0. The van der Waals surface area contributed by atoms with Crippen molar-refractivity contribution in [1.82, 2.24) is 19.9 Å². The Morgan fingerprint density at radius 3 is 0.944 bits per heavy atom. The molecule has 0 radical (unpaired) electrons. The standard InChI is InChI=1S/C44H30N6O4/c51-49(52)43-41-39(29-17-9-3-10-18-29)35-25-23-33(46-35)37(27-13-5-1-6-14-27)31-21-22-32(45-31)38(28-15-7-2-8-16-28)34-24-26-36(47-34)40(30-19-11-4-12-20-30)42(48-41)44(43)50(53)54/h1-26,45-48H. The average Bonchev–Trinajstić information content (AvgIpc) is 4.03. The molecule has 1 aliphatic rings. The minimum absolute atomic E-state index is 0.00793. The van der Waals surface area contributed by atoms with Gasteiger partial charge in [-0.05, 0) is 58.7 Å². The molecular formula is C44H30N6O4. The Balaban J connectivity index is 1.53. The van der Waals surface area contributed by atoms with Gasteiger partial charge < -0.3 is 19.9 Å². The van der Waals surface area contributed by atoms with Gasteiger partial charge in [0.05, 0.1) is 9.85 Å². The molecule has 9 rings (SSSR count). The molecule has 260 valence electrons. The molecule has 0 spiro atoms. The third-order valence-electron chi connectivity index (χ3n) is 9.74. The summed E-state index contributed by atoms with van der Waals surface area (Å²) < 4.78 is 0. The van der Waals surface area contributed by atoms with Crippen molar-refractivity contribution in [3.63, 3.8) is 0 Å². The van der Waals surface area contributed by atoms with Gasteiger partial charge >= 0.3 is 11.4 Å². The quantitative estimate of drug-likeness (QED) is 0.122. The first-order chi connectivity index (χ1) is 26.5. The summed E-state index contributed by atoms with van der Waals surface area (Å²) in [5.74, 6) is 0. The van der Waals surface area contributed by atoms with E-state index in [-0.39, 0.29) is 10.7 Å². The van der Waals surface area contributed by atoms with E-state index in [9.17, 15) is 20.2 Å². The van der Waals surface area contributed by atoms with Gasteiger partial charge in [0.1, 0.15) is 10.7 Å². The minimum Gasteiger partial charge on any atom is -0.354 e. The summed E-state index contributed by atoms with van der Waals surface area (Å²) in [6.07, 6.45) is 0. The Hall–Kier alpha value is -7.72. The number of nitrogens with one attached hydrogen (secondary N) is 4. The molecule has 4 aromatic heterocycles. The summed E-state index contributed by atoms with van der Waals surface area (Å²) in [6.45, 7) is 0. The van der Waals surface area contributed by atoms with Gasteiger partial charge in [0.15, 0.2) is 0 Å². The van der Waals surface area contributed by atoms with E-state index >= 15 is 0 Å². The van der Waals surface area contributed by atoms with Gasteiger partial charge in [-0.15, -0.1) is 0 Å². The molecule has 8 bridgehead atoms. The molecule has 0 amide bonds. The Bertz CT molecular complexity index is 2780. The minimum atomic E-state index is -0.667. The van der Waals surface area contributed by atoms with Crippen molar-refractivity contribution in [3.8, 4) is 0 Å². The highest BCUT2D eigenvalue weighted by molar-refractivity contribution is 5.87. The molecule has 0 aliphatic carbocycles. The Morgan fingerprint density at radius 2 is 0.630 bits per heavy atom. The first-order valence-electron chi connectivity index (χ1n) is 17.3. The van der Waals surface area contributed by atoms with Gasteiger partial charge in [0.25, 0.3) is 0 Å². The number of nitro groups is 2. The number of nitrogens with zero attached hydrogens (tertiary/aromatic N) is 2. The lowest BCUT2D eigenvalue weighted by atomic mass is 10.0. The SMILES string of the molecule is O=[N+]([O-])c1c([N+](=O)[O-])c2[nH]c1=C(c1ccccc1)c1ccc([nH]1)C(c1ccccc1)=c1ccc([nH]1)=C(c1ccccc1)c1ccc([nH]1)C=2c1ccccc1. The maximum absolute atomic E-state index is 13.1. The Labute approximate surface area is 307 Å². The molecule has 4 aromatic carbocycles. The highest BCUT2D eigenvalue weighted by Gasteiger charge is 2.35. The summed E-state index contributed by atoms with van der Waals surface area (Å²) in [5.41, 5.74) is 7.01. The number of hydrogen-bond donors (Lipinski definition) is 4. The van der Waals surface area contributed by atoms with Gasteiger partial charge in [-0.25, -0.2) is 0 Å². The van der Waals surface area contributed by atoms with Crippen molar-refractivity contribution >= 4 is 33.7 Å². The van der Waals surface area contributed by atoms with Crippen LogP contribution < -0.4 is 21.4 Å². The number of hydrogen-bond acceptors (Lipinski definition) is 4. The first kappa shape index (κ1) is 32.2. The summed E-state index contributed by atoms with van der Waals surface area (Å²) in [5, 5.41) is 28.0. The lowest BCUT2D eigenvalue weighted by Crippen LogP contribution is -2.20. The second kappa shape index (κ2) is 13.1. The number of H-pyrrole nitrogens is 4. The predicted octanol–water partition coefficient (Wildman–Crippen LogP) is 6.12. The summed E-state index contributed by atoms with van der Waals surface area (Å²) in [4.78, 5) is 39.0. The molecule has 0 unspecified atom stereocenters. The lowest BCUT2D eigenvalue weighted by Gasteiger charge is -2.09. The van der Waals surface area contributed by atoms with E-state index in [1.807, 2.05) is 146 Å². The molecule has 10 nitrogen and oxygen atoms in total. The monoisotopic (exact) mass is 706 g/mol. The maximum atomic E-state index is 13.1. The highest BCUT2D eigenvalue weighted by Crippen LogP contribution is 2.31. The molecule has 8 aromatic rings. The van der Waals surface area contributed by atoms with Gasteiger partial charge in [0, 0.05) is 55.8 Å². The fourth-order valence-corrected chi connectivity index (χ4v) is 7.46. The van der Waals surface area contributed by atoms with E-state index in [0.29, 0.717) is 33.7 Å². The van der Waals surface area contributed by atoms with E-state index in [1.54, 1.807) is 0 Å². The highest BCUT2D eigenvalue weighted by atomic mass is 16.6. The zero-order valence-corrected chi connectivity index (χ0v) is 28.5. The fourth-order valence-electron chi connectivity index (χ4n) is 7.46. The van der Waals surface area contributed by atoms with E-state index in [2.05, 4.69) is 32.1 Å². The average molecular weight is 707 g/mol. The van der Waals surface area contributed by atoms with Crippen LogP contribution in [0.25, 0.3) is 22.3 Å². The third-order valence-corrected chi connectivity index (χ3v) is 9.74. The first-order valence-corrected chi connectivity index (χ1v) is 17.3. The summed E-state index contributed by atoms with van der Waals surface area (Å²) in [6, 6.07) is 50.0. The van der Waals surface area contributed by atoms with Crippen molar-refractivity contribution < 1.29 is 9.85 Å². The van der Waals surface area contributed by atoms with Crippen LogP contribution in [0.5, 0.6) is 0 Å². The van der Waals surface area contributed by atoms with Crippen LogP contribution in [0, 0.1) is 20.2 Å². The van der Waals surface area contributed by atoms with Crippen LogP contribution in [0.15, 0.2) is 158 Å². The molecule has 4 N–H and O–H groups in total. The Morgan fingerprint density at radius 1 is 0.333 bits per heavy atom. The summed E-state index contributed by atoms with van der Waals surface area (Å²) in [7, 11) is 0. The van der Waals surface area contributed by atoms with Crippen LogP contribution in [0.4, 0.5) is 11.4 Å². The predicted molar refractivity (Wildman–Crippen MR) is 207 cm³/mol. The number of aromatic nitrogens is 4. The molecule has 54 heavy (non-hydrogen) atoms. The molecule has 5 heterocycles. The van der Waals surface area contributed by atoms with Crippen LogP contribution in [0.2, 0.25) is 0 Å². The molecule has 0 saturated heterocycles. The number of rotatable bonds is 6. The molecule has 10 heteroatoms. The lowest BCUT2D eigenvalue weighted by molar-refractivity contribution is -0.422. The van der Waals surface area contributed by atoms with Gasteiger partial charge in [0.2, 0.25) is 0 Å². The number of aromatic amines is 4. The molecule has 0 atom stereocenters. The van der Waals surface area contributed by atoms with Crippen molar-refractivity contribution in [3.05, 3.63) is 244 Å². The molecule has 0 saturated carbocycles. The number of benzene rings is 4. The van der Waals surface area contributed by atoms with Crippen LogP contribution in [0.1, 0.15) is 45.0 Å². The van der Waals surface area contributed by atoms with E-state index in [1.165, 1.54) is 0 Å². The smallest absolute Gasteiger partial charge is 0.354 e. The zero-order chi connectivity index (χ0) is 36.8. The topological polar surface area (TPSA) is 149 Å². The Kier molecular flexibility index (Phi) is 7.82. The largest absolute Gasteiger partial charge is 0.372 e. The fraction of sp³-hybridized carbons (Fsp3) is 0. The van der Waals surface area contributed by atoms with E-state index in [4.69, 9.17) is 0 Å². The van der Waals surface area contributed by atoms with Gasteiger partial charge in [-0.1, -0.05) is 121 Å². The van der Waals surface area contributed by atoms with Crippen molar-refractivity contribution in [2.24, 2.45) is 0 Å². The van der Waals surface area contributed by atoms with Crippen molar-refractivity contribution in [1.29, 1.82) is 0 Å². The zero-order valence-electron chi connectivity index (χ0n) is 28.5. The van der Waals surface area contributed by atoms with E-state index in [0.717, 1.165) is 44.4 Å². The van der Waals surface area contributed by atoms with Crippen LogP contribution in [-0.4, -0.2) is 29.8 Å². The van der Waals surface area contributed by atoms with Crippen molar-refractivity contribution in [2.75, 3.05) is 0 Å². The van der Waals surface area contributed by atoms with Crippen molar-refractivity contribution in [2.45, 2.75) is 0 Å². The van der Waals surface area contributed by atoms with Gasteiger partial charge in [-0.3, -0.25) is 20.2 Å². The second-order valence-corrected chi connectivity index (χ2v) is 12.9. The second-order valence-electron chi connectivity index (χ2n) is 12.9. The third kappa shape index (κ3) is 5.46. The van der Waals surface area contributed by atoms with Gasteiger partial charge in [-0.2, -0.15) is 0 Å². The van der Waals surface area contributed by atoms with E-state index < -0.39 is 21.2 Å². The van der Waals surface area contributed by atoms with Crippen LogP contribution in [0.3, 0.4) is 0 Å². The van der Waals surface area contributed by atoms with Crippen LogP contribution >= 0.6 is 0 Å². The maximum Gasteiger partial charge on any atom is 0.372 e. The normalized spacial score (nSPS) is 12.6. The van der Waals surface area contributed by atoms with Crippen LogP contribution in [-0.2, 0) is 0 Å². The molecular weight excluding hydrogens is 677 g/mol.